The molecule has 0 radical (unpaired) electrons. The van der Waals surface area contributed by atoms with Crippen LogP contribution in [0.3, 0.4) is 0 Å². The highest BCUT2D eigenvalue weighted by molar-refractivity contribution is 6.00. The van der Waals surface area contributed by atoms with Crippen LogP contribution in [-0.4, -0.2) is 37.7 Å². The molecule has 9 nitrogen and oxygen atoms in total. The molecule has 2 aromatic rings. The van der Waals surface area contributed by atoms with Crippen LogP contribution in [0.15, 0.2) is 42.5 Å². The van der Waals surface area contributed by atoms with Crippen molar-refractivity contribution in [2.24, 2.45) is 0 Å². The summed E-state index contributed by atoms with van der Waals surface area (Å²) in [6.07, 6.45) is 0. The molecule has 0 bridgehead atoms. The largest absolute Gasteiger partial charge is 0.454 e. The van der Waals surface area contributed by atoms with E-state index in [1.54, 1.807) is 42.5 Å². The Morgan fingerprint density at radius 3 is 2.46 bits per heavy atom. The van der Waals surface area contributed by atoms with Gasteiger partial charge in [-0.3, -0.25) is 9.59 Å². The molecule has 0 spiro atoms. The maximum absolute atomic E-state index is 12.2. The summed E-state index contributed by atoms with van der Waals surface area (Å²) in [4.78, 5) is 35.9. The molecule has 1 heterocycles. The SMILES string of the molecule is CCNC(=O)Nc1cccc(NC(=O)CNC(=O)c2ccc3c(c2)OCO3)c1. The molecular weight excluding hydrogens is 364 g/mol. The van der Waals surface area contributed by atoms with Gasteiger partial charge in [-0.1, -0.05) is 6.07 Å². The lowest BCUT2D eigenvalue weighted by Crippen LogP contribution is -2.32. The first kappa shape index (κ1) is 19.0. The van der Waals surface area contributed by atoms with Gasteiger partial charge in [0.2, 0.25) is 12.7 Å². The van der Waals surface area contributed by atoms with E-state index >= 15 is 0 Å². The zero-order chi connectivity index (χ0) is 19.9. The molecule has 0 saturated carbocycles. The number of carbonyl (C=O) groups is 3. The second-order valence-corrected chi connectivity index (χ2v) is 5.86. The molecule has 1 aliphatic rings. The van der Waals surface area contributed by atoms with E-state index in [9.17, 15) is 14.4 Å². The van der Waals surface area contributed by atoms with Crippen LogP contribution < -0.4 is 30.7 Å². The monoisotopic (exact) mass is 384 g/mol. The molecule has 2 aromatic carbocycles. The summed E-state index contributed by atoms with van der Waals surface area (Å²) in [6, 6.07) is 11.2. The molecule has 146 valence electrons. The van der Waals surface area contributed by atoms with Crippen LogP contribution in [0.5, 0.6) is 11.5 Å². The van der Waals surface area contributed by atoms with Gasteiger partial charge < -0.3 is 30.7 Å². The molecular formula is C19H20N4O5. The van der Waals surface area contributed by atoms with Gasteiger partial charge in [-0.2, -0.15) is 0 Å². The van der Waals surface area contributed by atoms with Gasteiger partial charge in [0.15, 0.2) is 11.5 Å². The summed E-state index contributed by atoms with van der Waals surface area (Å²) in [6.45, 7) is 2.23. The van der Waals surface area contributed by atoms with Gasteiger partial charge in [0.1, 0.15) is 0 Å². The predicted molar refractivity (Wildman–Crippen MR) is 103 cm³/mol. The van der Waals surface area contributed by atoms with Crippen molar-refractivity contribution in [3.63, 3.8) is 0 Å². The average Bonchev–Trinajstić information content (AvgIpc) is 3.14. The molecule has 0 saturated heterocycles. The summed E-state index contributed by atoms with van der Waals surface area (Å²) in [5.74, 6) is 0.272. The second kappa shape index (κ2) is 8.76. The first-order valence-electron chi connectivity index (χ1n) is 8.68. The Bertz CT molecular complexity index is 900. The molecule has 0 aliphatic carbocycles. The van der Waals surface area contributed by atoms with Crippen LogP contribution in [0.25, 0.3) is 0 Å². The van der Waals surface area contributed by atoms with Crippen molar-refractivity contribution >= 4 is 29.2 Å². The highest BCUT2D eigenvalue weighted by atomic mass is 16.7. The molecule has 4 amide bonds. The summed E-state index contributed by atoms with van der Waals surface area (Å²) < 4.78 is 10.4. The van der Waals surface area contributed by atoms with Crippen molar-refractivity contribution in [2.75, 3.05) is 30.5 Å². The van der Waals surface area contributed by atoms with E-state index in [-0.39, 0.29) is 19.4 Å². The summed E-state index contributed by atoms with van der Waals surface area (Å²) in [5.41, 5.74) is 1.40. The van der Waals surface area contributed by atoms with Gasteiger partial charge in [-0.05, 0) is 43.3 Å². The number of hydrogen-bond donors (Lipinski definition) is 4. The topological polar surface area (TPSA) is 118 Å². The lowest BCUT2D eigenvalue weighted by Gasteiger charge is -2.10. The van der Waals surface area contributed by atoms with Gasteiger partial charge in [-0.25, -0.2) is 4.79 Å². The Morgan fingerprint density at radius 1 is 0.929 bits per heavy atom. The van der Waals surface area contributed by atoms with Gasteiger partial charge in [0.25, 0.3) is 5.91 Å². The predicted octanol–water partition coefficient (Wildman–Crippen LogP) is 1.93. The normalized spacial score (nSPS) is 11.5. The molecule has 0 unspecified atom stereocenters. The van der Waals surface area contributed by atoms with E-state index in [1.807, 2.05) is 6.92 Å². The van der Waals surface area contributed by atoms with Gasteiger partial charge in [0.05, 0.1) is 6.54 Å². The van der Waals surface area contributed by atoms with Crippen LogP contribution in [0.1, 0.15) is 17.3 Å². The molecule has 4 N–H and O–H groups in total. The minimum atomic E-state index is -0.403. The number of fused-ring (bicyclic) bond motifs is 1. The van der Waals surface area contributed by atoms with Crippen molar-refractivity contribution < 1.29 is 23.9 Å². The number of amides is 4. The number of carbonyl (C=O) groups excluding carboxylic acids is 3. The lowest BCUT2D eigenvalue weighted by atomic mass is 10.2. The van der Waals surface area contributed by atoms with Gasteiger partial charge in [0, 0.05) is 23.5 Å². The minimum Gasteiger partial charge on any atom is -0.454 e. The van der Waals surface area contributed by atoms with E-state index in [0.717, 1.165) is 0 Å². The Labute approximate surface area is 161 Å². The van der Waals surface area contributed by atoms with Crippen molar-refractivity contribution in [1.82, 2.24) is 10.6 Å². The molecule has 0 aromatic heterocycles. The summed E-state index contributed by atoms with van der Waals surface area (Å²) in [5, 5.41) is 10.5. The van der Waals surface area contributed by atoms with Crippen molar-refractivity contribution in [2.45, 2.75) is 6.92 Å². The van der Waals surface area contributed by atoms with Gasteiger partial charge in [-0.15, -0.1) is 0 Å². The molecule has 0 fully saturated rings. The maximum Gasteiger partial charge on any atom is 0.319 e. The van der Waals surface area contributed by atoms with Gasteiger partial charge >= 0.3 is 6.03 Å². The fourth-order valence-electron chi connectivity index (χ4n) is 2.52. The molecule has 28 heavy (non-hydrogen) atoms. The van der Waals surface area contributed by atoms with Crippen LogP contribution in [0.4, 0.5) is 16.2 Å². The number of rotatable bonds is 6. The zero-order valence-electron chi connectivity index (χ0n) is 15.2. The molecule has 0 atom stereocenters. The number of hydrogen-bond acceptors (Lipinski definition) is 5. The maximum atomic E-state index is 12.2. The third-order valence-electron chi connectivity index (χ3n) is 3.79. The summed E-state index contributed by atoms with van der Waals surface area (Å²) >= 11 is 0. The van der Waals surface area contributed by atoms with Crippen LogP contribution in [0.2, 0.25) is 0 Å². The van der Waals surface area contributed by atoms with Crippen molar-refractivity contribution in [3.8, 4) is 11.5 Å². The quantitative estimate of drug-likeness (QED) is 0.607. The van der Waals surface area contributed by atoms with E-state index in [1.165, 1.54) is 0 Å². The van der Waals surface area contributed by atoms with E-state index < -0.39 is 11.8 Å². The smallest absolute Gasteiger partial charge is 0.319 e. The number of ether oxygens (including phenoxy) is 2. The number of urea groups is 1. The molecule has 1 aliphatic heterocycles. The first-order chi connectivity index (χ1) is 13.5. The van der Waals surface area contributed by atoms with E-state index in [0.29, 0.717) is 35.0 Å². The minimum absolute atomic E-state index is 0.122. The Kier molecular flexibility index (Phi) is 5.95. The Balaban J connectivity index is 1.51. The fourth-order valence-corrected chi connectivity index (χ4v) is 2.52. The summed E-state index contributed by atoms with van der Waals surface area (Å²) in [7, 11) is 0. The van der Waals surface area contributed by atoms with Crippen LogP contribution in [-0.2, 0) is 4.79 Å². The van der Waals surface area contributed by atoms with E-state index in [4.69, 9.17) is 9.47 Å². The number of nitrogens with one attached hydrogen (secondary N) is 4. The Morgan fingerprint density at radius 2 is 1.68 bits per heavy atom. The fraction of sp³-hybridized carbons (Fsp3) is 0.211. The third kappa shape index (κ3) is 4.91. The van der Waals surface area contributed by atoms with Crippen molar-refractivity contribution in [3.05, 3.63) is 48.0 Å². The van der Waals surface area contributed by atoms with Crippen LogP contribution in [0, 0.1) is 0 Å². The zero-order valence-corrected chi connectivity index (χ0v) is 15.2. The highest BCUT2D eigenvalue weighted by Crippen LogP contribution is 2.32. The number of benzene rings is 2. The number of anilines is 2. The van der Waals surface area contributed by atoms with Crippen molar-refractivity contribution in [1.29, 1.82) is 0 Å². The molecule has 3 rings (SSSR count). The average molecular weight is 384 g/mol. The standard InChI is InChI=1S/C19H20N4O5/c1-2-20-19(26)23-14-5-3-4-13(9-14)22-17(24)10-21-18(25)12-6-7-15-16(8-12)28-11-27-15/h3-9H,2,10-11H2,1H3,(H,21,25)(H,22,24)(H2,20,23,26). The highest BCUT2D eigenvalue weighted by Gasteiger charge is 2.16. The lowest BCUT2D eigenvalue weighted by molar-refractivity contribution is -0.115. The second-order valence-electron chi connectivity index (χ2n) is 5.86. The van der Waals surface area contributed by atoms with E-state index in [2.05, 4.69) is 21.3 Å². The first-order valence-corrected chi connectivity index (χ1v) is 8.68. The Hall–Kier alpha value is -3.75. The van der Waals surface area contributed by atoms with Crippen LogP contribution >= 0.6 is 0 Å². The third-order valence-corrected chi connectivity index (χ3v) is 3.79. The molecule has 9 heteroatoms.